The van der Waals surface area contributed by atoms with Crippen LogP contribution in [0.15, 0.2) is 0 Å². The average Bonchev–Trinajstić information content (AvgIpc) is 3.22. The number of hydrogen-bond acceptors (Lipinski definition) is 10. The molecule has 0 aromatic carbocycles. The Hall–Kier alpha value is -0.410. The van der Waals surface area contributed by atoms with E-state index < -0.39 is 53.3 Å². The number of aliphatic hydroxyl groups excluding tert-OH is 5. The third-order valence-corrected chi connectivity index (χ3v) is 13.5. The maximum atomic E-state index is 12.1. The van der Waals surface area contributed by atoms with Gasteiger partial charge in [-0.15, -0.1) is 0 Å². The van der Waals surface area contributed by atoms with E-state index in [1.807, 2.05) is 13.8 Å². The van der Waals surface area contributed by atoms with Gasteiger partial charge in [-0.2, -0.15) is 8.42 Å². The Morgan fingerprint density at radius 1 is 0.864 bits per heavy atom. The number of ether oxygens (including phenoxy) is 2. The quantitative estimate of drug-likeness (QED) is 0.202. The normalized spacial score (nSPS) is 49.2. The molecule has 0 aromatic rings. The van der Waals surface area contributed by atoms with Crippen LogP contribution in [0.2, 0.25) is 0 Å². The van der Waals surface area contributed by atoms with Crippen LogP contribution in [0.1, 0.15) is 92.4 Å². The molecule has 1 heterocycles. The summed E-state index contributed by atoms with van der Waals surface area (Å²) in [7, 11) is -4.69. The van der Waals surface area contributed by atoms with E-state index >= 15 is 0 Å². The summed E-state index contributed by atoms with van der Waals surface area (Å²) < 4.78 is 51.2. The minimum atomic E-state index is -4.69. The smallest absolute Gasteiger partial charge is 0.393 e. The topological polar surface area (TPSA) is 183 Å². The monoisotopic (exact) mass is 648 g/mol. The van der Waals surface area contributed by atoms with Crippen LogP contribution >= 0.6 is 0 Å². The number of aliphatic hydroxyl groups is 5. The Balaban J connectivity index is 1.34. The zero-order valence-corrected chi connectivity index (χ0v) is 27.7. The molecule has 6 N–H and O–H groups in total. The molecule has 5 rings (SSSR count). The average molecular weight is 649 g/mol. The van der Waals surface area contributed by atoms with Gasteiger partial charge < -0.3 is 35.0 Å². The second kappa shape index (κ2) is 12.9. The van der Waals surface area contributed by atoms with Gasteiger partial charge in [-0.05, 0) is 110 Å². The van der Waals surface area contributed by atoms with Gasteiger partial charge in [-0.1, -0.05) is 34.6 Å². The molecule has 12 heteroatoms. The molecule has 0 radical (unpaired) electrons. The number of rotatable bonds is 9. The number of fused-ring (bicyclic) bond motifs is 5. The fraction of sp³-hybridized carbons (Fsp3) is 1.00. The maximum absolute atomic E-state index is 12.1. The molecule has 11 nitrogen and oxygen atoms in total. The van der Waals surface area contributed by atoms with Crippen LogP contribution in [0, 0.1) is 52.3 Å². The molecule has 5 fully saturated rings. The summed E-state index contributed by atoms with van der Waals surface area (Å²) in [5.41, 5.74) is -0.406. The van der Waals surface area contributed by atoms with E-state index in [0.717, 1.165) is 25.7 Å². The zero-order chi connectivity index (χ0) is 32.4. The van der Waals surface area contributed by atoms with Gasteiger partial charge in [0.25, 0.3) is 0 Å². The fourth-order valence-corrected chi connectivity index (χ4v) is 11.3. The molecule has 1 aliphatic heterocycles. The van der Waals surface area contributed by atoms with E-state index in [0.29, 0.717) is 32.1 Å². The molecule has 0 spiro atoms. The van der Waals surface area contributed by atoms with Crippen molar-refractivity contribution in [3.8, 4) is 0 Å². The molecule has 0 aromatic heterocycles. The summed E-state index contributed by atoms with van der Waals surface area (Å²) in [6, 6.07) is 0. The Bertz CT molecular complexity index is 1100. The Kier molecular flexibility index (Phi) is 10.2. The summed E-state index contributed by atoms with van der Waals surface area (Å²) >= 11 is 0. The van der Waals surface area contributed by atoms with Crippen molar-refractivity contribution in [2.45, 2.75) is 141 Å². The second-order valence-electron chi connectivity index (χ2n) is 15.8. The van der Waals surface area contributed by atoms with Crippen molar-refractivity contribution >= 4 is 10.4 Å². The first-order valence-electron chi connectivity index (χ1n) is 16.8. The summed E-state index contributed by atoms with van der Waals surface area (Å²) in [4.78, 5) is 0. The minimum Gasteiger partial charge on any atom is -0.393 e. The molecular weight excluding hydrogens is 592 g/mol. The third kappa shape index (κ3) is 6.51. The van der Waals surface area contributed by atoms with Crippen LogP contribution in [0.3, 0.4) is 0 Å². The van der Waals surface area contributed by atoms with Crippen LogP contribution in [-0.2, 0) is 24.1 Å². The van der Waals surface area contributed by atoms with E-state index in [-0.39, 0.29) is 65.0 Å². The SMILES string of the molecule is CC(C)[C@H](CC[C@@H](C)[C@@H]1C[C@H](OS(=O)(=O)O)[C@H]2[C@H]3C[C@H](O)[C@H]4C[C@@H](O)CC[C@@]4(C)[C@@H]3CC[C@@]21C)O[C@H]1OC[C@H](O)[C@@H](O)[C@H]1O. The van der Waals surface area contributed by atoms with E-state index in [9.17, 15) is 38.5 Å². The maximum Gasteiger partial charge on any atom is 0.397 e. The molecule has 1 saturated heterocycles. The molecule has 5 aliphatic rings. The molecular formula is C32H56O11S. The van der Waals surface area contributed by atoms with Gasteiger partial charge in [0.15, 0.2) is 6.29 Å². The van der Waals surface area contributed by atoms with Crippen molar-refractivity contribution in [3.63, 3.8) is 0 Å². The lowest BCUT2D eigenvalue weighted by atomic mass is 9.43. The van der Waals surface area contributed by atoms with Crippen LogP contribution in [0.4, 0.5) is 0 Å². The van der Waals surface area contributed by atoms with Crippen LogP contribution < -0.4 is 0 Å². The van der Waals surface area contributed by atoms with Gasteiger partial charge >= 0.3 is 10.4 Å². The van der Waals surface area contributed by atoms with Gasteiger partial charge in [0.05, 0.1) is 31.0 Å². The van der Waals surface area contributed by atoms with Crippen molar-refractivity contribution in [1.82, 2.24) is 0 Å². The first kappa shape index (κ1) is 34.9. The van der Waals surface area contributed by atoms with Crippen molar-refractivity contribution in [2.75, 3.05) is 6.61 Å². The van der Waals surface area contributed by atoms with Crippen molar-refractivity contribution in [1.29, 1.82) is 0 Å². The van der Waals surface area contributed by atoms with Crippen molar-refractivity contribution in [3.05, 3.63) is 0 Å². The van der Waals surface area contributed by atoms with E-state index in [4.69, 9.17) is 13.7 Å². The molecule has 0 amide bonds. The minimum absolute atomic E-state index is 0.0120. The largest absolute Gasteiger partial charge is 0.397 e. The lowest BCUT2D eigenvalue weighted by Gasteiger charge is -2.62. The zero-order valence-electron chi connectivity index (χ0n) is 26.9. The van der Waals surface area contributed by atoms with E-state index in [1.165, 1.54) is 0 Å². The molecule has 0 bridgehead atoms. The van der Waals surface area contributed by atoms with E-state index in [1.54, 1.807) is 0 Å². The van der Waals surface area contributed by atoms with Crippen LogP contribution in [0.5, 0.6) is 0 Å². The highest BCUT2D eigenvalue weighted by Gasteiger charge is 2.65. The summed E-state index contributed by atoms with van der Waals surface area (Å²) in [6.45, 7) is 10.6. The van der Waals surface area contributed by atoms with Crippen LogP contribution in [-0.4, -0.2) is 94.1 Å². The predicted molar refractivity (Wildman–Crippen MR) is 160 cm³/mol. The lowest BCUT2D eigenvalue weighted by Crippen LogP contribution is -2.59. The molecule has 256 valence electrons. The van der Waals surface area contributed by atoms with Gasteiger partial charge in [0.1, 0.15) is 18.3 Å². The van der Waals surface area contributed by atoms with Gasteiger partial charge in [-0.25, -0.2) is 4.18 Å². The third-order valence-electron chi connectivity index (χ3n) is 13.0. The highest BCUT2D eigenvalue weighted by molar-refractivity contribution is 7.80. The fourth-order valence-electron chi connectivity index (χ4n) is 10.8. The summed E-state index contributed by atoms with van der Waals surface area (Å²) in [6.07, 6.45) is -0.441. The highest BCUT2D eigenvalue weighted by atomic mass is 32.3. The highest BCUT2D eigenvalue weighted by Crippen LogP contribution is 2.69. The summed E-state index contributed by atoms with van der Waals surface area (Å²) in [5.74, 6) is 0.540. The van der Waals surface area contributed by atoms with Gasteiger partial charge in [0, 0.05) is 0 Å². The Morgan fingerprint density at radius 3 is 2.20 bits per heavy atom. The molecule has 0 unspecified atom stereocenters. The first-order valence-corrected chi connectivity index (χ1v) is 18.2. The lowest BCUT2D eigenvalue weighted by molar-refractivity contribution is -0.286. The Morgan fingerprint density at radius 2 is 1.55 bits per heavy atom. The standard InChI is InChI=1S/C32H56O11S/c1-16(2)25(42-30-29(37)28(36)24(35)15-41-30)7-6-17(3)21-14-26(43-44(38,39)40)27-19-13-23(34)22-12-18(33)8-10-31(22,4)20(19)9-11-32(21,27)5/h16-30,33-37H,6-15H2,1-5H3,(H,38,39,40)/t17-,18+,19+,20-,21+,22-,23+,24+,25+,26+,27-,28-,29-,30-,31+,32-/m1/s1. The van der Waals surface area contributed by atoms with Crippen molar-refractivity contribution < 1.29 is 52.2 Å². The van der Waals surface area contributed by atoms with E-state index in [2.05, 4.69) is 20.8 Å². The van der Waals surface area contributed by atoms with Crippen LogP contribution in [0.25, 0.3) is 0 Å². The van der Waals surface area contributed by atoms with Gasteiger partial charge in [-0.3, -0.25) is 4.55 Å². The Labute approximate surface area is 262 Å². The molecule has 16 atom stereocenters. The first-order chi connectivity index (χ1) is 20.5. The van der Waals surface area contributed by atoms with Crippen molar-refractivity contribution in [2.24, 2.45) is 52.3 Å². The molecule has 4 aliphatic carbocycles. The molecule has 4 saturated carbocycles. The number of hydrogen-bond donors (Lipinski definition) is 6. The predicted octanol–water partition coefficient (Wildman–Crippen LogP) is 2.67. The molecule has 44 heavy (non-hydrogen) atoms. The second-order valence-corrected chi connectivity index (χ2v) is 16.9. The summed E-state index contributed by atoms with van der Waals surface area (Å²) in [5, 5.41) is 52.2. The van der Waals surface area contributed by atoms with Gasteiger partial charge in [0.2, 0.25) is 0 Å².